The number of ether oxygens (including phenoxy) is 1. The molecule has 3 aromatic rings. The molecule has 1 fully saturated rings. The number of morpholine rings is 1. The maximum Gasteiger partial charge on any atom is 0.137 e. The number of nitrogens with one attached hydrogen (secondary N) is 3. The zero-order valence-corrected chi connectivity index (χ0v) is 15.1. The van der Waals surface area contributed by atoms with Crippen LogP contribution >= 0.6 is 0 Å². The average molecular weight is 348 g/mol. The predicted molar refractivity (Wildman–Crippen MR) is 103 cm³/mol. The fourth-order valence-electron chi connectivity index (χ4n) is 4.17. The van der Waals surface area contributed by atoms with Gasteiger partial charge in [-0.1, -0.05) is 6.07 Å². The maximum absolute atomic E-state index is 5.74. The summed E-state index contributed by atoms with van der Waals surface area (Å²) in [5.74, 6) is 0. The van der Waals surface area contributed by atoms with Gasteiger partial charge in [0, 0.05) is 36.4 Å². The van der Waals surface area contributed by atoms with Crippen LogP contribution < -0.4 is 10.6 Å². The van der Waals surface area contributed by atoms with Gasteiger partial charge in [-0.25, -0.2) is 4.98 Å². The summed E-state index contributed by atoms with van der Waals surface area (Å²) in [5.41, 5.74) is 8.89. The van der Waals surface area contributed by atoms with E-state index < -0.39 is 0 Å². The Kier molecular flexibility index (Phi) is 4.00. The summed E-state index contributed by atoms with van der Waals surface area (Å²) in [6.07, 6.45) is 5.08. The van der Waals surface area contributed by atoms with Crippen molar-refractivity contribution >= 4 is 11.0 Å². The van der Waals surface area contributed by atoms with Crippen LogP contribution in [0, 0.1) is 6.92 Å². The van der Waals surface area contributed by atoms with E-state index in [-0.39, 0.29) is 6.04 Å². The van der Waals surface area contributed by atoms with Crippen LogP contribution in [0.1, 0.15) is 28.3 Å². The van der Waals surface area contributed by atoms with Gasteiger partial charge in [-0.2, -0.15) is 0 Å². The molecular weight excluding hydrogens is 324 g/mol. The number of aryl methyl sites for hydroxylation is 1. The number of aromatic nitrogens is 2. The molecule has 3 N–H and O–H groups in total. The molecule has 134 valence electrons. The normalized spacial score (nSPS) is 20.3. The fraction of sp³-hybridized carbons (Fsp3) is 0.381. The second-order valence-corrected chi connectivity index (χ2v) is 7.30. The molecule has 2 aromatic heterocycles. The summed E-state index contributed by atoms with van der Waals surface area (Å²) in [6, 6.07) is 7.21. The number of benzene rings is 1. The van der Waals surface area contributed by atoms with Gasteiger partial charge in [0.05, 0.1) is 19.3 Å². The van der Waals surface area contributed by atoms with Crippen LogP contribution in [0.15, 0.2) is 30.6 Å². The van der Waals surface area contributed by atoms with Gasteiger partial charge < -0.3 is 20.4 Å². The van der Waals surface area contributed by atoms with Crippen molar-refractivity contribution in [1.29, 1.82) is 0 Å². The van der Waals surface area contributed by atoms with Crippen LogP contribution in [0.4, 0.5) is 0 Å². The molecule has 2 aliphatic heterocycles. The van der Waals surface area contributed by atoms with Crippen molar-refractivity contribution in [3.8, 4) is 11.1 Å². The van der Waals surface area contributed by atoms with Crippen LogP contribution in [0.2, 0.25) is 0 Å². The number of fused-ring (bicyclic) bond motifs is 2. The van der Waals surface area contributed by atoms with Crippen LogP contribution in [-0.2, 0) is 17.7 Å². The van der Waals surface area contributed by atoms with E-state index in [0.717, 1.165) is 44.9 Å². The molecule has 1 saturated heterocycles. The molecule has 1 aromatic carbocycles. The molecule has 0 unspecified atom stereocenters. The quantitative estimate of drug-likeness (QED) is 0.666. The first-order chi connectivity index (χ1) is 12.8. The first-order valence-corrected chi connectivity index (χ1v) is 9.41. The van der Waals surface area contributed by atoms with E-state index in [1.165, 1.54) is 38.8 Å². The predicted octanol–water partition coefficient (Wildman–Crippen LogP) is 2.84. The van der Waals surface area contributed by atoms with Crippen molar-refractivity contribution in [1.82, 2.24) is 20.6 Å². The van der Waals surface area contributed by atoms with E-state index in [0.29, 0.717) is 0 Å². The van der Waals surface area contributed by atoms with E-state index in [4.69, 9.17) is 4.74 Å². The number of hydrogen-bond donors (Lipinski definition) is 3. The van der Waals surface area contributed by atoms with Crippen LogP contribution in [0.5, 0.6) is 0 Å². The number of aromatic amines is 1. The Hall–Kier alpha value is -2.21. The molecule has 2 aliphatic rings. The standard InChI is InChI=1S/C21H24N4O/c1-13-9-24-21-17(13)8-16(10-25-21)15-6-14-2-3-22-11-19(14)18(7-15)20-12-26-5-4-23-20/h6-10,20,22-23H,2-5,11-12H2,1H3,(H,24,25)/t20-/m0/s1. The highest BCUT2D eigenvalue weighted by Gasteiger charge is 2.23. The topological polar surface area (TPSA) is 62.0 Å². The van der Waals surface area contributed by atoms with Gasteiger partial charge in [-0.15, -0.1) is 0 Å². The second-order valence-electron chi connectivity index (χ2n) is 7.30. The lowest BCUT2D eigenvalue weighted by Crippen LogP contribution is -2.36. The number of nitrogens with zero attached hydrogens (tertiary/aromatic N) is 1. The summed E-state index contributed by atoms with van der Waals surface area (Å²) in [6.45, 7) is 6.55. The van der Waals surface area contributed by atoms with Crippen molar-refractivity contribution in [2.75, 3.05) is 26.3 Å². The molecule has 26 heavy (non-hydrogen) atoms. The highest BCUT2D eigenvalue weighted by atomic mass is 16.5. The number of pyridine rings is 1. The van der Waals surface area contributed by atoms with Gasteiger partial charge in [0.15, 0.2) is 0 Å². The van der Waals surface area contributed by atoms with Gasteiger partial charge in [-0.05, 0) is 59.8 Å². The van der Waals surface area contributed by atoms with Gasteiger partial charge in [-0.3, -0.25) is 0 Å². The van der Waals surface area contributed by atoms with Gasteiger partial charge in [0.1, 0.15) is 5.65 Å². The Morgan fingerprint density at radius 1 is 1.15 bits per heavy atom. The summed E-state index contributed by atoms with van der Waals surface area (Å²) >= 11 is 0. The molecule has 4 heterocycles. The molecule has 0 saturated carbocycles. The van der Waals surface area contributed by atoms with Crippen LogP contribution in [-0.4, -0.2) is 36.3 Å². The molecule has 0 aliphatic carbocycles. The summed E-state index contributed by atoms with van der Waals surface area (Å²) in [5, 5.41) is 8.34. The lowest BCUT2D eigenvalue weighted by atomic mass is 9.88. The Balaban J connectivity index is 1.64. The van der Waals surface area contributed by atoms with E-state index in [1.807, 2.05) is 12.4 Å². The summed E-state index contributed by atoms with van der Waals surface area (Å²) < 4.78 is 5.74. The molecule has 0 radical (unpaired) electrons. The Labute approximate surface area is 153 Å². The third kappa shape index (κ3) is 2.72. The highest BCUT2D eigenvalue weighted by Crippen LogP contribution is 2.33. The second kappa shape index (κ2) is 6.50. The third-order valence-electron chi connectivity index (χ3n) is 5.62. The zero-order chi connectivity index (χ0) is 17.5. The lowest BCUT2D eigenvalue weighted by Gasteiger charge is -2.30. The van der Waals surface area contributed by atoms with Crippen LogP contribution in [0.25, 0.3) is 22.2 Å². The number of H-pyrrole nitrogens is 1. The molecule has 0 amide bonds. The van der Waals surface area contributed by atoms with Gasteiger partial charge in [0.25, 0.3) is 0 Å². The first-order valence-electron chi connectivity index (χ1n) is 9.41. The van der Waals surface area contributed by atoms with E-state index in [9.17, 15) is 0 Å². The zero-order valence-electron chi connectivity index (χ0n) is 15.1. The number of hydrogen-bond acceptors (Lipinski definition) is 4. The van der Waals surface area contributed by atoms with Crippen molar-refractivity contribution in [2.24, 2.45) is 0 Å². The molecule has 5 heteroatoms. The van der Waals surface area contributed by atoms with Crippen LogP contribution in [0.3, 0.4) is 0 Å². The Morgan fingerprint density at radius 3 is 3.00 bits per heavy atom. The Bertz CT molecular complexity index is 956. The number of rotatable bonds is 2. The first kappa shape index (κ1) is 16.0. The minimum absolute atomic E-state index is 0.267. The summed E-state index contributed by atoms with van der Waals surface area (Å²) in [4.78, 5) is 7.86. The highest BCUT2D eigenvalue weighted by molar-refractivity contribution is 5.84. The average Bonchev–Trinajstić information content (AvgIpc) is 3.08. The van der Waals surface area contributed by atoms with Crippen molar-refractivity contribution in [3.63, 3.8) is 0 Å². The fourth-order valence-corrected chi connectivity index (χ4v) is 4.17. The van der Waals surface area contributed by atoms with E-state index in [1.54, 1.807) is 0 Å². The molecule has 0 bridgehead atoms. The largest absolute Gasteiger partial charge is 0.378 e. The van der Waals surface area contributed by atoms with E-state index in [2.05, 4.69) is 45.7 Å². The molecule has 1 atom stereocenters. The summed E-state index contributed by atoms with van der Waals surface area (Å²) in [7, 11) is 0. The minimum atomic E-state index is 0.267. The van der Waals surface area contributed by atoms with Gasteiger partial charge >= 0.3 is 0 Å². The molecule has 5 rings (SSSR count). The van der Waals surface area contributed by atoms with Crippen molar-refractivity contribution in [3.05, 3.63) is 52.8 Å². The minimum Gasteiger partial charge on any atom is -0.378 e. The molecule has 5 nitrogen and oxygen atoms in total. The molecule has 0 spiro atoms. The SMILES string of the molecule is Cc1c[nH]c2ncc(-c3cc4c(c([C@@H]5COCCN5)c3)CNCC4)cc12. The lowest BCUT2D eigenvalue weighted by molar-refractivity contribution is 0.0765. The maximum atomic E-state index is 5.74. The Morgan fingerprint density at radius 2 is 2.12 bits per heavy atom. The monoisotopic (exact) mass is 348 g/mol. The van der Waals surface area contributed by atoms with Crippen molar-refractivity contribution in [2.45, 2.75) is 25.9 Å². The third-order valence-corrected chi connectivity index (χ3v) is 5.62. The van der Waals surface area contributed by atoms with Gasteiger partial charge in [0.2, 0.25) is 0 Å². The van der Waals surface area contributed by atoms with E-state index >= 15 is 0 Å². The molecular formula is C21H24N4O. The smallest absolute Gasteiger partial charge is 0.137 e. The van der Waals surface area contributed by atoms with Crippen molar-refractivity contribution < 1.29 is 4.74 Å².